The number of nitrogens with zero attached hydrogens (tertiary/aromatic N) is 5. The lowest BCUT2D eigenvalue weighted by atomic mass is 10.2. The lowest BCUT2D eigenvalue weighted by Crippen LogP contribution is -2.43. The molecule has 0 spiro atoms. The van der Waals surface area contributed by atoms with Gasteiger partial charge in [0.05, 0.1) is 24.6 Å². The maximum atomic E-state index is 11.8. The van der Waals surface area contributed by atoms with Crippen LogP contribution in [0.3, 0.4) is 0 Å². The molecule has 26 heavy (non-hydrogen) atoms. The van der Waals surface area contributed by atoms with E-state index in [-0.39, 0.29) is 11.7 Å². The number of nitrogens with one attached hydrogen (secondary N) is 1. The van der Waals surface area contributed by atoms with Crippen LogP contribution in [0.25, 0.3) is 0 Å². The number of rotatable bonds is 6. The average Bonchev–Trinajstić information content (AvgIpc) is 2.64. The van der Waals surface area contributed by atoms with Gasteiger partial charge in [0.15, 0.2) is 0 Å². The molecule has 1 atom stereocenters. The van der Waals surface area contributed by atoms with Crippen LogP contribution in [0.1, 0.15) is 24.9 Å². The summed E-state index contributed by atoms with van der Waals surface area (Å²) in [5.74, 6) is 1.71. The molecular formula is C18H26N6O2. The third kappa shape index (κ3) is 4.57. The molecule has 3 rings (SSSR count). The zero-order valence-corrected chi connectivity index (χ0v) is 15.6. The highest BCUT2D eigenvalue weighted by Gasteiger charge is 2.21. The number of hydrogen-bond donors (Lipinski definition) is 1. The summed E-state index contributed by atoms with van der Waals surface area (Å²) in [5, 5.41) is 7.46. The molecule has 0 aliphatic carbocycles. The molecule has 1 unspecified atom stereocenters. The minimum Gasteiger partial charge on any atom is -0.374 e. The second-order valence-corrected chi connectivity index (χ2v) is 6.49. The predicted molar refractivity (Wildman–Crippen MR) is 101 cm³/mol. The first-order chi connectivity index (χ1) is 12.5. The molecule has 0 bridgehead atoms. The predicted octanol–water partition coefficient (Wildman–Crippen LogP) is 1.15. The van der Waals surface area contributed by atoms with Crippen molar-refractivity contribution in [1.82, 2.24) is 19.7 Å². The number of ether oxygens (including phenoxy) is 1. The fourth-order valence-electron chi connectivity index (χ4n) is 3.00. The fourth-order valence-corrected chi connectivity index (χ4v) is 3.00. The Bertz CT molecular complexity index is 807. The van der Waals surface area contributed by atoms with Gasteiger partial charge in [0.1, 0.15) is 11.6 Å². The molecule has 2 aromatic heterocycles. The Morgan fingerprint density at radius 1 is 1.35 bits per heavy atom. The van der Waals surface area contributed by atoms with E-state index in [1.807, 2.05) is 13.0 Å². The quantitative estimate of drug-likeness (QED) is 0.829. The van der Waals surface area contributed by atoms with Gasteiger partial charge in [0, 0.05) is 50.9 Å². The minimum absolute atomic E-state index is 0.0990. The minimum atomic E-state index is -0.0990. The van der Waals surface area contributed by atoms with Gasteiger partial charge < -0.3 is 15.0 Å². The highest BCUT2D eigenvalue weighted by Crippen LogP contribution is 2.16. The Kier molecular flexibility index (Phi) is 5.82. The van der Waals surface area contributed by atoms with Gasteiger partial charge in [-0.3, -0.25) is 4.79 Å². The number of aryl methyl sites for hydroxylation is 3. The summed E-state index contributed by atoms with van der Waals surface area (Å²) in [6.45, 7) is 6.96. The molecule has 1 saturated heterocycles. The molecule has 0 amide bonds. The topological polar surface area (TPSA) is 85.2 Å². The van der Waals surface area contributed by atoms with E-state index >= 15 is 0 Å². The summed E-state index contributed by atoms with van der Waals surface area (Å²) in [6, 6.07) is 3.59. The molecule has 3 heterocycles. The first-order valence-electron chi connectivity index (χ1n) is 9.03. The van der Waals surface area contributed by atoms with Gasteiger partial charge >= 0.3 is 0 Å². The first kappa shape index (κ1) is 18.3. The highest BCUT2D eigenvalue weighted by molar-refractivity contribution is 5.43. The smallest absolute Gasteiger partial charge is 0.268 e. The van der Waals surface area contributed by atoms with Crippen LogP contribution in [0.2, 0.25) is 0 Å². The van der Waals surface area contributed by atoms with Gasteiger partial charge in [-0.2, -0.15) is 5.10 Å². The summed E-state index contributed by atoms with van der Waals surface area (Å²) >= 11 is 0. The molecule has 1 fully saturated rings. The molecule has 0 radical (unpaired) electrons. The van der Waals surface area contributed by atoms with E-state index in [2.05, 4.69) is 32.2 Å². The Morgan fingerprint density at radius 2 is 2.19 bits per heavy atom. The van der Waals surface area contributed by atoms with Crippen LogP contribution >= 0.6 is 0 Å². The lowest BCUT2D eigenvalue weighted by molar-refractivity contribution is 0.0374. The van der Waals surface area contributed by atoms with Gasteiger partial charge in [-0.05, 0) is 13.3 Å². The molecule has 0 aromatic carbocycles. The van der Waals surface area contributed by atoms with Crippen molar-refractivity contribution in [3.63, 3.8) is 0 Å². The van der Waals surface area contributed by atoms with Crippen molar-refractivity contribution in [2.45, 2.75) is 32.8 Å². The fraction of sp³-hybridized carbons (Fsp3) is 0.556. The van der Waals surface area contributed by atoms with Crippen LogP contribution in [0.5, 0.6) is 0 Å². The molecule has 1 aliphatic heterocycles. The molecule has 2 aromatic rings. The standard InChI is InChI=1S/C18H26N6O2/c1-4-16-21-13(2)9-17(22-16)19-6-5-15-12-24(7-8-26-15)14-10-18(25)23(3)20-11-14/h9-11,15H,4-8,12H2,1-3H3,(H,19,21,22). The maximum absolute atomic E-state index is 11.8. The van der Waals surface area contributed by atoms with Crippen molar-refractivity contribution in [3.8, 4) is 0 Å². The summed E-state index contributed by atoms with van der Waals surface area (Å²) < 4.78 is 7.21. The van der Waals surface area contributed by atoms with E-state index in [0.29, 0.717) is 6.61 Å². The zero-order valence-electron chi connectivity index (χ0n) is 15.6. The van der Waals surface area contributed by atoms with Crippen molar-refractivity contribution >= 4 is 11.5 Å². The van der Waals surface area contributed by atoms with Crippen molar-refractivity contribution in [2.75, 3.05) is 36.5 Å². The summed E-state index contributed by atoms with van der Waals surface area (Å²) in [6.07, 6.45) is 3.52. The summed E-state index contributed by atoms with van der Waals surface area (Å²) in [7, 11) is 1.65. The summed E-state index contributed by atoms with van der Waals surface area (Å²) in [5.41, 5.74) is 1.73. The highest BCUT2D eigenvalue weighted by atomic mass is 16.5. The molecule has 1 N–H and O–H groups in total. The van der Waals surface area contributed by atoms with Gasteiger partial charge in [0.25, 0.3) is 5.56 Å². The van der Waals surface area contributed by atoms with E-state index in [4.69, 9.17) is 4.74 Å². The number of anilines is 2. The zero-order chi connectivity index (χ0) is 18.5. The second kappa shape index (κ2) is 8.27. The van der Waals surface area contributed by atoms with Gasteiger partial charge in [-0.15, -0.1) is 0 Å². The van der Waals surface area contributed by atoms with Crippen molar-refractivity contribution < 1.29 is 4.74 Å². The first-order valence-corrected chi connectivity index (χ1v) is 9.03. The van der Waals surface area contributed by atoms with Crippen LogP contribution in [-0.4, -0.2) is 52.1 Å². The van der Waals surface area contributed by atoms with E-state index in [9.17, 15) is 4.79 Å². The van der Waals surface area contributed by atoms with E-state index in [1.165, 1.54) is 4.68 Å². The third-order valence-electron chi connectivity index (χ3n) is 4.45. The number of aromatic nitrogens is 4. The molecule has 0 saturated carbocycles. The molecule has 1 aliphatic rings. The average molecular weight is 358 g/mol. The Labute approximate surface area is 153 Å². The SMILES string of the molecule is CCc1nc(C)cc(NCCC2CN(c3cnn(C)c(=O)c3)CCO2)n1. The normalized spacial score (nSPS) is 17.3. The van der Waals surface area contributed by atoms with Crippen LogP contribution in [-0.2, 0) is 18.2 Å². The largest absolute Gasteiger partial charge is 0.374 e. The maximum Gasteiger partial charge on any atom is 0.268 e. The van der Waals surface area contributed by atoms with Crippen LogP contribution in [0.4, 0.5) is 11.5 Å². The Hall–Kier alpha value is -2.48. The monoisotopic (exact) mass is 358 g/mol. The third-order valence-corrected chi connectivity index (χ3v) is 4.45. The van der Waals surface area contributed by atoms with Gasteiger partial charge in [0.2, 0.25) is 0 Å². The summed E-state index contributed by atoms with van der Waals surface area (Å²) in [4.78, 5) is 22.8. The van der Waals surface area contributed by atoms with Crippen molar-refractivity contribution in [2.24, 2.45) is 7.05 Å². The molecule has 140 valence electrons. The molecule has 8 nitrogen and oxygen atoms in total. The van der Waals surface area contributed by atoms with Crippen molar-refractivity contribution in [3.05, 3.63) is 40.2 Å². The van der Waals surface area contributed by atoms with Crippen LogP contribution in [0.15, 0.2) is 23.1 Å². The van der Waals surface area contributed by atoms with E-state index in [0.717, 1.165) is 55.5 Å². The second-order valence-electron chi connectivity index (χ2n) is 6.49. The van der Waals surface area contributed by atoms with Crippen LogP contribution in [0, 0.1) is 6.92 Å². The molecular weight excluding hydrogens is 332 g/mol. The van der Waals surface area contributed by atoms with E-state index in [1.54, 1.807) is 19.3 Å². The Balaban J connectivity index is 1.54. The molecule has 8 heteroatoms. The number of hydrogen-bond acceptors (Lipinski definition) is 7. The number of morpholine rings is 1. The Morgan fingerprint density at radius 3 is 2.96 bits per heavy atom. The van der Waals surface area contributed by atoms with Gasteiger partial charge in [-0.25, -0.2) is 14.6 Å². The van der Waals surface area contributed by atoms with Crippen LogP contribution < -0.4 is 15.8 Å². The van der Waals surface area contributed by atoms with E-state index < -0.39 is 0 Å². The van der Waals surface area contributed by atoms with Gasteiger partial charge in [-0.1, -0.05) is 6.92 Å². The lowest BCUT2D eigenvalue weighted by Gasteiger charge is -2.34. The van der Waals surface area contributed by atoms with Crippen molar-refractivity contribution in [1.29, 1.82) is 0 Å².